The fraction of sp³-hybridized carbons (Fsp3) is 0.562. The van der Waals surface area contributed by atoms with Crippen LogP contribution in [0.5, 0.6) is 0 Å². The van der Waals surface area contributed by atoms with Gasteiger partial charge in [0.05, 0.1) is 0 Å². The zero-order valence-corrected chi connectivity index (χ0v) is 12.9. The van der Waals surface area contributed by atoms with Crippen LogP contribution in [0.1, 0.15) is 40.0 Å². The molecule has 4 heteroatoms. The number of rotatable bonds is 8. The van der Waals surface area contributed by atoms with Crippen molar-refractivity contribution in [3.63, 3.8) is 0 Å². The van der Waals surface area contributed by atoms with Crippen molar-refractivity contribution in [3.8, 4) is 0 Å². The first-order chi connectivity index (χ1) is 9.58. The fourth-order valence-electron chi connectivity index (χ4n) is 2.24. The molecule has 20 heavy (non-hydrogen) atoms. The number of nitrogens with one attached hydrogen (secondary N) is 1. The van der Waals surface area contributed by atoms with Gasteiger partial charge < -0.3 is 16.0 Å². The van der Waals surface area contributed by atoms with Gasteiger partial charge in [0.15, 0.2) is 0 Å². The second kappa shape index (κ2) is 8.59. The SMILES string of the molecule is CCN(c1ccc(NC(=O)CCCCN)cc1)C(C)C. The lowest BCUT2D eigenvalue weighted by atomic mass is 10.2. The molecule has 0 saturated heterocycles. The number of amides is 1. The first-order valence-electron chi connectivity index (χ1n) is 7.45. The van der Waals surface area contributed by atoms with E-state index in [1.54, 1.807) is 0 Å². The molecule has 0 unspecified atom stereocenters. The van der Waals surface area contributed by atoms with Gasteiger partial charge >= 0.3 is 0 Å². The van der Waals surface area contributed by atoms with Gasteiger partial charge in [-0.25, -0.2) is 0 Å². The van der Waals surface area contributed by atoms with Crippen LogP contribution in [0.4, 0.5) is 11.4 Å². The Morgan fingerprint density at radius 2 is 1.90 bits per heavy atom. The predicted octanol–water partition coefficient (Wildman–Crippen LogP) is 2.99. The number of hydrogen-bond acceptors (Lipinski definition) is 3. The van der Waals surface area contributed by atoms with E-state index in [9.17, 15) is 4.79 Å². The van der Waals surface area contributed by atoms with Crippen molar-refractivity contribution in [1.82, 2.24) is 0 Å². The van der Waals surface area contributed by atoms with Crippen LogP contribution in [-0.4, -0.2) is 25.0 Å². The molecule has 1 aromatic rings. The highest BCUT2D eigenvalue weighted by molar-refractivity contribution is 5.90. The number of nitrogens with two attached hydrogens (primary N) is 1. The van der Waals surface area contributed by atoms with Gasteiger partial charge in [0, 0.05) is 30.4 Å². The third-order valence-corrected chi connectivity index (χ3v) is 3.30. The summed E-state index contributed by atoms with van der Waals surface area (Å²) in [6.07, 6.45) is 2.27. The molecule has 0 aliphatic carbocycles. The number of nitrogens with zero attached hydrogens (tertiary/aromatic N) is 1. The zero-order chi connectivity index (χ0) is 15.0. The molecule has 0 fully saturated rings. The van der Waals surface area contributed by atoms with Crippen molar-refractivity contribution in [2.45, 2.75) is 46.1 Å². The molecule has 0 saturated carbocycles. The van der Waals surface area contributed by atoms with E-state index < -0.39 is 0 Å². The van der Waals surface area contributed by atoms with E-state index in [0.717, 1.165) is 25.1 Å². The normalized spacial score (nSPS) is 10.7. The van der Waals surface area contributed by atoms with Gasteiger partial charge in [-0.2, -0.15) is 0 Å². The van der Waals surface area contributed by atoms with Crippen LogP contribution in [0.3, 0.4) is 0 Å². The van der Waals surface area contributed by atoms with Gasteiger partial charge in [0.2, 0.25) is 5.91 Å². The molecule has 0 heterocycles. The molecule has 1 aromatic carbocycles. The van der Waals surface area contributed by atoms with Gasteiger partial charge in [-0.3, -0.25) is 4.79 Å². The summed E-state index contributed by atoms with van der Waals surface area (Å²) in [6, 6.07) is 8.50. The highest BCUT2D eigenvalue weighted by Crippen LogP contribution is 2.20. The summed E-state index contributed by atoms with van der Waals surface area (Å²) in [4.78, 5) is 14.0. The van der Waals surface area contributed by atoms with Crippen molar-refractivity contribution in [3.05, 3.63) is 24.3 Å². The minimum Gasteiger partial charge on any atom is -0.369 e. The Labute approximate surface area is 122 Å². The van der Waals surface area contributed by atoms with Crippen LogP contribution in [0.25, 0.3) is 0 Å². The fourth-order valence-corrected chi connectivity index (χ4v) is 2.24. The third kappa shape index (κ3) is 5.21. The summed E-state index contributed by atoms with van der Waals surface area (Å²) in [7, 11) is 0. The van der Waals surface area contributed by atoms with Crippen LogP contribution in [0.2, 0.25) is 0 Å². The Bertz CT molecular complexity index is 401. The molecule has 0 aromatic heterocycles. The maximum absolute atomic E-state index is 11.7. The van der Waals surface area contributed by atoms with E-state index >= 15 is 0 Å². The van der Waals surface area contributed by atoms with Gasteiger partial charge in [0.25, 0.3) is 0 Å². The number of carbonyl (C=O) groups is 1. The minimum absolute atomic E-state index is 0.0578. The second-order valence-electron chi connectivity index (χ2n) is 5.22. The average molecular weight is 277 g/mol. The molecule has 0 aliphatic rings. The molecule has 0 atom stereocenters. The lowest BCUT2D eigenvalue weighted by molar-refractivity contribution is -0.116. The van der Waals surface area contributed by atoms with Crippen LogP contribution in [-0.2, 0) is 4.79 Å². The van der Waals surface area contributed by atoms with Gasteiger partial charge in [-0.1, -0.05) is 0 Å². The Balaban J connectivity index is 2.56. The molecule has 3 N–H and O–H groups in total. The topological polar surface area (TPSA) is 58.4 Å². The van der Waals surface area contributed by atoms with Crippen LogP contribution in [0, 0.1) is 0 Å². The molecular weight excluding hydrogens is 250 g/mol. The maximum atomic E-state index is 11.7. The number of hydrogen-bond donors (Lipinski definition) is 2. The standard InChI is InChI=1S/C16H27N3O/c1-4-19(13(2)3)15-10-8-14(9-11-15)18-16(20)7-5-6-12-17/h8-11,13H,4-7,12,17H2,1-3H3,(H,18,20). The zero-order valence-electron chi connectivity index (χ0n) is 12.9. The third-order valence-electron chi connectivity index (χ3n) is 3.30. The van der Waals surface area contributed by atoms with Crippen molar-refractivity contribution in [2.24, 2.45) is 5.73 Å². The summed E-state index contributed by atoms with van der Waals surface area (Å²) in [5.41, 5.74) is 7.45. The number of benzene rings is 1. The summed E-state index contributed by atoms with van der Waals surface area (Å²) in [5.74, 6) is 0.0578. The van der Waals surface area contributed by atoms with Crippen LogP contribution >= 0.6 is 0 Å². The minimum atomic E-state index is 0.0578. The van der Waals surface area contributed by atoms with Crippen molar-refractivity contribution >= 4 is 17.3 Å². The van der Waals surface area contributed by atoms with Gasteiger partial charge in [-0.15, -0.1) is 0 Å². The van der Waals surface area contributed by atoms with Crippen LogP contribution < -0.4 is 16.0 Å². The molecular formula is C16H27N3O. The molecule has 0 aliphatic heterocycles. The summed E-state index contributed by atoms with van der Waals surface area (Å²) in [6.45, 7) is 8.12. The lowest BCUT2D eigenvalue weighted by Crippen LogP contribution is -2.30. The summed E-state index contributed by atoms with van der Waals surface area (Å²) in [5, 5.41) is 2.92. The average Bonchev–Trinajstić information content (AvgIpc) is 2.41. The van der Waals surface area contributed by atoms with Crippen molar-refractivity contribution in [1.29, 1.82) is 0 Å². The highest BCUT2D eigenvalue weighted by atomic mass is 16.1. The molecule has 112 valence electrons. The molecule has 0 radical (unpaired) electrons. The van der Waals surface area contributed by atoms with E-state index in [2.05, 4.69) is 43.1 Å². The Kier molecular flexibility index (Phi) is 7.09. The van der Waals surface area contributed by atoms with E-state index in [-0.39, 0.29) is 5.91 Å². The van der Waals surface area contributed by atoms with Gasteiger partial charge in [-0.05, 0) is 64.4 Å². The van der Waals surface area contributed by atoms with E-state index in [0.29, 0.717) is 19.0 Å². The Morgan fingerprint density at radius 1 is 1.25 bits per heavy atom. The smallest absolute Gasteiger partial charge is 0.224 e. The Hall–Kier alpha value is -1.55. The summed E-state index contributed by atoms with van der Waals surface area (Å²) >= 11 is 0. The second-order valence-corrected chi connectivity index (χ2v) is 5.22. The summed E-state index contributed by atoms with van der Waals surface area (Å²) < 4.78 is 0. The number of unbranched alkanes of at least 4 members (excludes halogenated alkanes) is 1. The van der Waals surface area contributed by atoms with Crippen LogP contribution in [0.15, 0.2) is 24.3 Å². The largest absolute Gasteiger partial charge is 0.369 e. The monoisotopic (exact) mass is 277 g/mol. The Morgan fingerprint density at radius 3 is 2.40 bits per heavy atom. The maximum Gasteiger partial charge on any atom is 0.224 e. The quantitative estimate of drug-likeness (QED) is 0.718. The van der Waals surface area contributed by atoms with Crippen molar-refractivity contribution in [2.75, 3.05) is 23.3 Å². The molecule has 0 spiro atoms. The molecule has 1 amide bonds. The molecule has 0 bridgehead atoms. The van der Waals surface area contributed by atoms with Gasteiger partial charge in [0.1, 0.15) is 0 Å². The number of carbonyl (C=O) groups excluding carboxylic acids is 1. The van der Waals surface area contributed by atoms with E-state index in [1.807, 2.05) is 12.1 Å². The number of anilines is 2. The van der Waals surface area contributed by atoms with E-state index in [1.165, 1.54) is 5.69 Å². The molecule has 4 nitrogen and oxygen atoms in total. The predicted molar refractivity (Wildman–Crippen MR) is 86.1 cm³/mol. The first-order valence-corrected chi connectivity index (χ1v) is 7.45. The van der Waals surface area contributed by atoms with Crippen molar-refractivity contribution < 1.29 is 4.79 Å². The van der Waals surface area contributed by atoms with E-state index in [4.69, 9.17) is 5.73 Å². The molecule has 1 rings (SSSR count). The first kappa shape index (κ1) is 16.5. The lowest BCUT2D eigenvalue weighted by Gasteiger charge is -2.27. The highest BCUT2D eigenvalue weighted by Gasteiger charge is 2.08.